The maximum Gasteiger partial charge on any atom is 0.137 e. The number of aromatic hydroxyl groups is 2. The Morgan fingerprint density at radius 3 is 2.04 bits per heavy atom. The lowest BCUT2D eigenvalue weighted by atomic mass is 10.00. The minimum absolute atomic E-state index is 0.153. The van der Waals surface area contributed by atoms with Gasteiger partial charge in [0.05, 0.1) is 8.95 Å². The van der Waals surface area contributed by atoms with E-state index in [1.165, 1.54) is 11.1 Å². The van der Waals surface area contributed by atoms with Crippen LogP contribution in [0.4, 0.5) is 0 Å². The molecule has 0 saturated heterocycles. The van der Waals surface area contributed by atoms with Crippen molar-refractivity contribution in [1.29, 1.82) is 0 Å². The SMILES string of the molecule is CCCCCc1c(Br)c(O)c(C/C=C(\C)CCC=C(C)C)c(O)c1Br. The number of rotatable bonds is 9. The van der Waals surface area contributed by atoms with Gasteiger partial charge in [-0.2, -0.15) is 0 Å². The van der Waals surface area contributed by atoms with Gasteiger partial charge in [0, 0.05) is 5.56 Å². The summed E-state index contributed by atoms with van der Waals surface area (Å²) in [6, 6.07) is 0. The van der Waals surface area contributed by atoms with Gasteiger partial charge in [0.1, 0.15) is 11.5 Å². The number of hydrogen-bond donors (Lipinski definition) is 2. The summed E-state index contributed by atoms with van der Waals surface area (Å²) in [7, 11) is 0. The fourth-order valence-corrected chi connectivity index (χ4v) is 4.23. The van der Waals surface area contributed by atoms with Crippen molar-refractivity contribution in [3.8, 4) is 11.5 Å². The summed E-state index contributed by atoms with van der Waals surface area (Å²) in [5.41, 5.74) is 4.10. The molecule has 0 heterocycles. The van der Waals surface area contributed by atoms with Crippen molar-refractivity contribution >= 4 is 31.9 Å². The van der Waals surface area contributed by atoms with Crippen LogP contribution >= 0.6 is 31.9 Å². The third-order valence-electron chi connectivity index (χ3n) is 4.29. The third kappa shape index (κ3) is 6.82. The average molecular weight is 474 g/mol. The van der Waals surface area contributed by atoms with E-state index in [9.17, 15) is 10.2 Å². The van der Waals surface area contributed by atoms with Gasteiger partial charge >= 0.3 is 0 Å². The first-order chi connectivity index (χ1) is 11.8. The zero-order valence-corrected chi connectivity index (χ0v) is 18.9. The topological polar surface area (TPSA) is 40.5 Å². The number of halogens is 2. The van der Waals surface area contributed by atoms with Crippen molar-refractivity contribution in [3.63, 3.8) is 0 Å². The molecule has 0 aliphatic rings. The Balaban J connectivity index is 2.95. The Morgan fingerprint density at radius 1 is 0.920 bits per heavy atom. The molecule has 2 nitrogen and oxygen atoms in total. The molecule has 4 heteroatoms. The van der Waals surface area contributed by atoms with Crippen molar-refractivity contribution in [2.75, 3.05) is 0 Å². The predicted molar refractivity (Wildman–Crippen MR) is 115 cm³/mol. The van der Waals surface area contributed by atoms with Gasteiger partial charge in [-0.05, 0) is 90.3 Å². The van der Waals surface area contributed by atoms with E-state index in [1.54, 1.807) is 0 Å². The van der Waals surface area contributed by atoms with Crippen LogP contribution in [0, 0.1) is 0 Å². The van der Waals surface area contributed by atoms with Gasteiger partial charge in [-0.3, -0.25) is 0 Å². The fourth-order valence-electron chi connectivity index (χ4n) is 2.69. The molecule has 0 spiro atoms. The summed E-state index contributed by atoms with van der Waals surface area (Å²) in [6.07, 6.45) is 11.0. The first-order valence-electron chi connectivity index (χ1n) is 8.99. The number of phenols is 2. The number of phenolic OH excluding ortho intramolecular Hbond substituents is 2. The summed E-state index contributed by atoms with van der Waals surface area (Å²) >= 11 is 7.03. The highest BCUT2D eigenvalue weighted by molar-refractivity contribution is 9.11. The van der Waals surface area contributed by atoms with E-state index in [0.29, 0.717) is 20.9 Å². The summed E-state index contributed by atoms with van der Waals surface area (Å²) in [5.74, 6) is 0.307. The molecular weight excluding hydrogens is 444 g/mol. The molecule has 0 aromatic heterocycles. The second kappa shape index (κ2) is 11.1. The van der Waals surface area contributed by atoms with Crippen molar-refractivity contribution < 1.29 is 10.2 Å². The second-order valence-corrected chi connectivity index (χ2v) is 8.40. The van der Waals surface area contributed by atoms with Crippen molar-refractivity contribution in [2.45, 2.75) is 72.6 Å². The van der Waals surface area contributed by atoms with Crippen LogP contribution in [-0.4, -0.2) is 10.2 Å². The van der Waals surface area contributed by atoms with E-state index in [2.05, 4.69) is 71.7 Å². The molecular formula is C21H30Br2O2. The zero-order valence-electron chi connectivity index (χ0n) is 15.8. The molecule has 0 aliphatic carbocycles. The molecule has 0 amide bonds. The maximum atomic E-state index is 10.5. The molecule has 2 N–H and O–H groups in total. The van der Waals surface area contributed by atoms with Crippen LogP contribution in [0.1, 0.15) is 70.9 Å². The smallest absolute Gasteiger partial charge is 0.137 e. The number of hydrogen-bond acceptors (Lipinski definition) is 2. The Morgan fingerprint density at radius 2 is 1.52 bits per heavy atom. The molecule has 0 atom stereocenters. The Labute approximate surface area is 169 Å². The normalized spacial score (nSPS) is 11.7. The molecule has 0 unspecified atom stereocenters. The standard InChI is InChI=1S/C21H30Br2O2/c1-5-6-7-11-16-18(22)20(24)17(21(25)19(16)23)13-12-15(4)10-8-9-14(2)3/h9,12,24-25H,5-8,10-11,13H2,1-4H3/b15-12+. The zero-order chi connectivity index (χ0) is 19.0. The molecule has 0 radical (unpaired) electrons. The van der Waals surface area contributed by atoms with Gasteiger partial charge in [-0.1, -0.05) is 43.1 Å². The third-order valence-corrected chi connectivity index (χ3v) is 6.00. The van der Waals surface area contributed by atoms with Crippen LogP contribution in [0.2, 0.25) is 0 Å². The van der Waals surface area contributed by atoms with Crippen LogP contribution < -0.4 is 0 Å². The number of allylic oxidation sites excluding steroid dienone is 4. The highest BCUT2D eigenvalue weighted by Gasteiger charge is 2.20. The Hall–Kier alpha value is -0.740. The monoisotopic (exact) mass is 472 g/mol. The molecule has 1 rings (SSSR count). The lowest BCUT2D eigenvalue weighted by Gasteiger charge is -2.15. The molecule has 0 bridgehead atoms. The van der Waals surface area contributed by atoms with Crippen LogP contribution in [0.5, 0.6) is 11.5 Å². The summed E-state index contributed by atoms with van der Waals surface area (Å²) < 4.78 is 1.39. The lowest BCUT2D eigenvalue weighted by Crippen LogP contribution is -1.96. The van der Waals surface area contributed by atoms with E-state index < -0.39 is 0 Å². The van der Waals surface area contributed by atoms with Crippen LogP contribution in [0.3, 0.4) is 0 Å². The van der Waals surface area contributed by atoms with Gasteiger partial charge in [0.2, 0.25) is 0 Å². The molecule has 1 aromatic carbocycles. The quantitative estimate of drug-likeness (QED) is 0.286. The van der Waals surface area contributed by atoms with E-state index in [0.717, 1.165) is 44.1 Å². The van der Waals surface area contributed by atoms with Gasteiger partial charge in [-0.15, -0.1) is 0 Å². The predicted octanol–water partition coefficient (Wildman–Crippen LogP) is 7.59. The molecule has 1 aromatic rings. The summed E-state index contributed by atoms with van der Waals surface area (Å²) in [5, 5.41) is 21.1. The van der Waals surface area contributed by atoms with Crippen LogP contribution in [0.25, 0.3) is 0 Å². The Kier molecular flexibility index (Phi) is 9.88. The van der Waals surface area contributed by atoms with Crippen molar-refractivity contribution in [3.05, 3.63) is 43.4 Å². The van der Waals surface area contributed by atoms with Gasteiger partial charge < -0.3 is 10.2 Å². The molecule has 0 aliphatic heterocycles. The van der Waals surface area contributed by atoms with Crippen molar-refractivity contribution in [2.24, 2.45) is 0 Å². The van der Waals surface area contributed by atoms with E-state index in [-0.39, 0.29) is 11.5 Å². The van der Waals surface area contributed by atoms with Crippen LogP contribution in [0.15, 0.2) is 32.2 Å². The summed E-state index contributed by atoms with van der Waals surface area (Å²) in [4.78, 5) is 0. The average Bonchev–Trinajstić information content (AvgIpc) is 2.56. The minimum atomic E-state index is 0.153. The lowest BCUT2D eigenvalue weighted by molar-refractivity contribution is 0.434. The summed E-state index contributed by atoms with van der Waals surface area (Å²) in [6.45, 7) is 8.46. The van der Waals surface area contributed by atoms with Gasteiger partial charge in [0.25, 0.3) is 0 Å². The second-order valence-electron chi connectivity index (χ2n) is 6.81. The largest absolute Gasteiger partial charge is 0.506 e. The maximum absolute atomic E-state index is 10.5. The van der Waals surface area contributed by atoms with E-state index >= 15 is 0 Å². The van der Waals surface area contributed by atoms with E-state index in [4.69, 9.17) is 0 Å². The molecule has 140 valence electrons. The highest BCUT2D eigenvalue weighted by atomic mass is 79.9. The highest BCUT2D eigenvalue weighted by Crippen LogP contribution is 2.45. The van der Waals surface area contributed by atoms with Gasteiger partial charge in [0.15, 0.2) is 0 Å². The first-order valence-corrected chi connectivity index (χ1v) is 10.6. The molecule has 25 heavy (non-hydrogen) atoms. The fraction of sp³-hybridized carbons (Fsp3) is 0.524. The minimum Gasteiger partial charge on any atom is -0.506 e. The van der Waals surface area contributed by atoms with E-state index in [1.807, 2.05) is 0 Å². The van der Waals surface area contributed by atoms with Crippen molar-refractivity contribution in [1.82, 2.24) is 0 Å². The van der Waals surface area contributed by atoms with Gasteiger partial charge in [-0.25, -0.2) is 0 Å². The number of benzene rings is 1. The first kappa shape index (κ1) is 22.3. The Bertz CT molecular complexity index is 613. The van der Waals surface area contributed by atoms with Crippen LogP contribution in [-0.2, 0) is 12.8 Å². The molecule has 0 saturated carbocycles. The number of unbranched alkanes of at least 4 members (excludes halogenated alkanes) is 2. The molecule has 0 fully saturated rings.